The number of nitrogens with one attached hydrogen (secondary N) is 1. The molecule has 1 rings (SSSR count). The second kappa shape index (κ2) is 8.20. The molecule has 1 aromatic rings. The molecule has 0 bridgehead atoms. The van der Waals surface area contributed by atoms with E-state index in [-0.39, 0.29) is 11.7 Å². The Morgan fingerprint density at radius 2 is 2.12 bits per heavy atom. The number of benzene rings is 1. The van der Waals surface area contributed by atoms with Crippen LogP contribution >= 0.6 is 0 Å². The first-order valence-corrected chi connectivity index (χ1v) is 6.23. The lowest BCUT2D eigenvalue weighted by atomic mass is 9.94. The highest BCUT2D eigenvalue weighted by Gasteiger charge is 2.13. The third kappa shape index (κ3) is 4.84. The van der Waals surface area contributed by atoms with Gasteiger partial charge in [-0.1, -0.05) is 31.5 Å². The van der Waals surface area contributed by atoms with Crippen LogP contribution in [-0.4, -0.2) is 26.8 Å². The maximum atomic E-state index is 13.7. The van der Waals surface area contributed by atoms with Crippen molar-refractivity contribution in [1.82, 2.24) is 5.32 Å². The van der Waals surface area contributed by atoms with Gasteiger partial charge in [-0.15, -0.1) is 0 Å². The number of hydrogen-bond donors (Lipinski definition) is 1. The molecule has 0 radical (unpaired) electrons. The standard InChI is InChI=1S/C14H22FNO/c1-3-6-12(11-16-9-10-17-2)13-7-4-5-8-14(13)15/h4-5,7-8,12,16H,3,6,9-11H2,1-2H3. The Morgan fingerprint density at radius 1 is 1.35 bits per heavy atom. The molecule has 0 saturated carbocycles. The van der Waals surface area contributed by atoms with Gasteiger partial charge < -0.3 is 10.1 Å². The fourth-order valence-corrected chi connectivity index (χ4v) is 1.97. The summed E-state index contributed by atoms with van der Waals surface area (Å²) in [4.78, 5) is 0. The summed E-state index contributed by atoms with van der Waals surface area (Å²) in [6.07, 6.45) is 2.06. The van der Waals surface area contributed by atoms with E-state index in [4.69, 9.17) is 4.74 Å². The molecule has 0 fully saturated rings. The SMILES string of the molecule is CCCC(CNCCOC)c1ccccc1F. The summed E-state index contributed by atoms with van der Waals surface area (Å²) in [5, 5.41) is 3.31. The minimum Gasteiger partial charge on any atom is -0.383 e. The summed E-state index contributed by atoms with van der Waals surface area (Å²) in [6.45, 7) is 4.43. The van der Waals surface area contributed by atoms with Gasteiger partial charge in [-0.3, -0.25) is 0 Å². The molecule has 0 aliphatic carbocycles. The third-order valence-corrected chi connectivity index (χ3v) is 2.86. The Labute approximate surface area is 103 Å². The van der Waals surface area contributed by atoms with Crippen molar-refractivity contribution in [3.05, 3.63) is 35.6 Å². The summed E-state index contributed by atoms with van der Waals surface area (Å²) in [5.41, 5.74) is 0.819. The van der Waals surface area contributed by atoms with E-state index in [1.807, 2.05) is 12.1 Å². The van der Waals surface area contributed by atoms with Gasteiger partial charge in [0.1, 0.15) is 5.82 Å². The number of halogens is 1. The van der Waals surface area contributed by atoms with Crippen LogP contribution in [0.1, 0.15) is 31.2 Å². The van der Waals surface area contributed by atoms with Crippen molar-refractivity contribution >= 4 is 0 Å². The monoisotopic (exact) mass is 239 g/mol. The van der Waals surface area contributed by atoms with Gasteiger partial charge in [0.15, 0.2) is 0 Å². The van der Waals surface area contributed by atoms with Crippen LogP contribution in [0.3, 0.4) is 0 Å². The molecular formula is C14H22FNO. The molecule has 0 spiro atoms. The molecule has 1 atom stereocenters. The molecule has 2 nitrogen and oxygen atoms in total. The maximum Gasteiger partial charge on any atom is 0.126 e. The molecular weight excluding hydrogens is 217 g/mol. The highest BCUT2D eigenvalue weighted by Crippen LogP contribution is 2.23. The quantitative estimate of drug-likeness (QED) is 0.704. The van der Waals surface area contributed by atoms with Gasteiger partial charge in [-0.05, 0) is 24.0 Å². The maximum absolute atomic E-state index is 13.7. The minimum absolute atomic E-state index is 0.0977. The molecule has 0 heterocycles. The highest BCUT2D eigenvalue weighted by atomic mass is 19.1. The molecule has 3 heteroatoms. The average Bonchev–Trinajstić information content (AvgIpc) is 2.34. The first-order chi connectivity index (χ1) is 8.29. The van der Waals surface area contributed by atoms with Gasteiger partial charge in [0.2, 0.25) is 0 Å². The second-order valence-corrected chi connectivity index (χ2v) is 4.20. The van der Waals surface area contributed by atoms with Crippen molar-refractivity contribution < 1.29 is 9.13 Å². The summed E-state index contributed by atoms with van der Waals surface area (Å²) < 4.78 is 18.7. The Bertz CT molecular complexity index is 317. The smallest absolute Gasteiger partial charge is 0.126 e. The molecule has 0 saturated heterocycles. The van der Waals surface area contributed by atoms with Crippen LogP contribution in [0.25, 0.3) is 0 Å². The zero-order chi connectivity index (χ0) is 12.5. The summed E-state index contributed by atoms with van der Waals surface area (Å²) in [6, 6.07) is 7.05. The van der Waals surface area contributed by atoms with Crippen molar-refractivity contribution in [3.63, 3.8) is 0 Å². The topological polar surface area (TPSA) is 21.3 Å². The van der Waals surface area contributed by atoms with E-state index in [0.29, 0.717) is 6.61 Å². The number of ether oxygens (including phenoxy) is 1. The highest BCUT2D eigenvalue weighted by molar-refractivity contribution is 5.22. The molecule has 0 aliphatic rings. The first kappa shape index (κ1) is 14.1. The Balaban J connectivity index is 2.56. The fourth-order valence-electron chi connectivity index (χ4n) is 1.97. The molecule has 0 aromatic heterocycles. The van der Waals surface area contributed by atoms with Crippen molar-refractivity contribution in [2.45, 2.75) is 25.7 Å². The lowest BCUT2D eigenvalue weighted by Gasteiger charge is -2.18. The molecule has 1 N–H and O–H groups in total. The van der Waals surface area contributed by atoms with E-state index in [1.54, 1.807) is 13.2 Å². The van der Waals surface area contributed by atoms with Gasteiger partial charge >= 0.3 is 0 Å². The number of hydrogen-bond acceptors (Lipinski definition) is 2. The van der Waals surface area contributed by atoms with Crippen LogP contribution in [0.15, 0.2) is 24.3 Å². The molecule has 1 aromatic carbocycles. The van der Waals surface area contributed by atoms with E-state index in [2.05, 4.69) is 12.2 Å². The summed E-state index contributed by atoms with van der Waals surface area (Å²) in [7, 11) is 1.68. The lowest BCUT2D eigenvalue weighted by molar-refractivity contribution is 0.198. The molecule has 17 heavy (non-hydrogen) atoms. The van der Waals surface area contributed by atoms with E-state index in [1.165, 1.54) is 6.07 Å². The van der Waals surface area contributed by atoms with E-state index >= 15 is 0 Å². The van der Waals surface area contributed by atoms with Crippen LogP contribution in [0, 0.1) is 5.82 Å². The normalized spacial score (nSPS) is 12.6. The van der Waals surface area contributed by atoms with E-state index < -0.39 is 0 Å². The molecule has 96 valence electrons. The van der Waals surface area contributed by atoms with Crippen LogP contribution in [0.5, 0.6) is 0 Å². The van der Waals surface area contributed by atoms with Crippen LogP contribution in [0.4, 0.5) is 4.39 Å². The summed E-state index contributed by atoms with van der Waals surface area (Å²) in [5.74, 6) is 0.151. The number of rotatable bonds is 8. The molecule has 0 aliphatic heterocycles. The average molecular weight is 239 g/mol. The minimum atomic E-state index is -0.0977. The van der Waals surface area contributed by atoms with Gasteiger partial charge in [0.25, 0.3) is 0 Å². The first-order valence-electron chi connectivity index (χ1n) is 6.23. The molecule has 0 amide bonds. The van der Waals surface area contributed by atoms with Crippen LogP contribution < -0.4 is 5.32 Å². The Morgan fingerprint density at radius 3 is 2.76 bits per heavy atom. The van der Waals surface area contributed by atoms with Gasteiger partial charge in [-0.25, -0.2) is 4.39 Å². The van der Waals surface area contributed by atoms with Gasteiger partial charge in [-0.2, -0.15) is 0 Å². The van der Waals surface area contributed by atoms with Gasteiger partial charge in [0.05, 0.1) is 6.61 Å². The Hall–Kier alpha value is -0.930. The lowest BCUT2D eigenvalue weighted by Crippen LogP contribution is -2.25. The molecule has 1 unspecified atom stereocenters. The van der Waals surface area contributed by atoms with Crippen molar-refractivity contribution in [3.8, 4) is 0 Å². The van der Waals surface area contributed by atoms with E-state index in [9.17, 15) is 4.39 Å². The predicted octanol–water partition coefficient (Wildman–Crippen LogP) is 2.95. The third-order valence-electron chi connectivity index (χ3n) is 2.86. The van der Waals surface area contributed by atoms with Crippen molar-refractivity contribution in [2.24, 2.45) is 0 Å². The van der Waals surface area contributed by atoms with Crippen LogP contribution in [0.2, 0.25) is 0 Å². The van der Waals surface area contributed by atoms with Crippen molar-refractivity contribution in [1.29, 1.82) is 0 Å². The van der Waals surface area contributed by atoms with Gasteiger partial charge in [0, 0.05) is 20.2 Å². The largest absolute Gasteiger partial charge is 0.383 e. The zero-order valence-electron chi connectivity index (χ0n) is 10.7. The van der Waals surface area contributed by atoms with E-state index in [0.717, 1.165) is 31.5 Å². The zero-order valence-corrected chi connectivity index (χ0v) is 10.7. The second-order valence-electron chi connectivity index (χ2n) is 4.20. The fraction of sp³-hybridized carbons (Fsp3) is 0.571. The summed E-state index contributed by atoms with van der Waals surface area (Å²) >= 11 is 0. The Kier molecular flexibility index (Phi) is 6.82. The number of methoxy groups -OCH3 is 1. The van der Waals surface area contributed by atoms with Crippen LogP contribution in [-0.2, 0) is 4.74 Å². The van der Waals surface area contributed by atoms with Crippen molar-refractivity contribution in [2.75, 3.05) is 26.8 Å². The predicted molar refractivity (Wildman–Crippen MR) is 68.8 cm³/mol.